The van der Waals surface area contributed by atoms with Crippen LogP contribution in [0, 0.1) is 17.8 Å². The van der Waals surface area contributed by atoms with E-state index in [2.05, 4.69) is 16.0 Å². The van der Waals surface area contributed by atoms with Crippen LogP contribution >= 0.6 is 0 Å². The number of nitrogens with one attached hydrogen (secondary N) is 3. The number of rotatable bonds is 15. The van der Waals surface area contributed by atoms with Crippen LogP contribution in [0.15, 0.2) is 0 Å². The number of carboxylic acids is 2. The molecule has 0 rings (SSSR count). The van der Waals surface area contributed by atoms with Crippen LogP contribution in [-0.4, -0.2) is 64.0 Å². The molecule has 11 heteroatoms. The molecule has 11 nitrogen and oxygen atoms in total. The molecular formula is C22H40N4O7. The van der Waals surface area contributed by atoms with Crippen LogP contribution in [0.2, 0.25) is 0 Å². The predicted octanol–water partition coefficient (Wildman–Crippen LogP) is 0.466. The van der Waals surface area contributed by atoms with Gasteiger partial charge in [0.15, 0.2) is 0 Å². The molecule has 0 saturated carbocycles. The van der Waals surface area contributed by atoms with Crippen LogP contribution < -0.4 is 21.7 Å². The molecule has 6 atom stereocenters. The first kappa shape index (κ1) is 30.3. The molecule has 0 aliphatic heterocycles. The van der Waals surface area contributed by atoms with E-state index in [0.717, 1.165) is 0 Å². The zero-order valence-corrected chi connectivity index (χ0v) is 20.4. The fraction of sp³-hybridized carbons (Fsp3) is 0.773. The highest BCUT2D eigenvalue weighted by Gasteiger charge is 2.34. The molecule has 190 valence electrons. The lowest BCUT2D eigenvalue weighted by atomic mass is 9.95. The zero-order valence-electron chi connectivity index (χ0n) is 20.4. The minimum absolute atomic E-state index is 0.0849. The van der Waals surface area contributed by atoms with Crippen molar-refractivity contribution in [3.8, 4) is 0 Å². The van der Waals surface area contributed by atoms with Gasteiger partial charge in [-0.1, -0.05) is 54.4 Å². The van der Waals surface area contributed by atoms with Crippen molar-refractivity contribution in [2.24, 2.45) is 23.5 Å². The summed E-state index contributed by atoms with van der Waals surface area (Å²) in [7, 11) is 0. The monoisotopic (exact) mass is 472 g/mol. The SMILES string of the molecule is CCC(C)C(N)C(=O)NC(C(=O)NC(C(=O)NC(CCC(=O)O)C(=O)O)C(C)CC)C(C)C. The van der Waals surface area contributed by atoms with Crippen LogP contribution in [0.4, 0.5) is 0 Å². The van der Waals surface area contributed by atoms with Crippen molar-refractivity contribution < 1.29 is 34.2 Å². The molecule has 0 aliphatic carbocycles. The number of amides is 3. The minimum atomic E-state index is -1.41. The molecule has 0 bridgehead atoms. The second kappa shape index (κ2) is 14.5. The van der Waals surface area contributed by atoms with E-state index in [1.54, 1.807) is 20.8 Å². The summed E-state index contributed by atoms with van der Waals surface area (Å²) in [5.74, 6) is -5.10. The molecule has 0 aromatic heterocycles. The molecule has 33 heavy (non-hydrogen) atoms. The Labute approximate surface area is 195 Å². The molecule has 6 unspecified atom stereocenters. The Hall–Kier alpha value is -2.69. The van der Waals surface area contributed by atoms with Crippen LogP contribution in [0.25, 0.3) is 0 Å². The van der Waals surface area contributed by atoms with Crippen molar-refractivity contribution in [2.75, 3.05) is 0 Å². The van der Waals surface area contributed by atoms with Crippen LogP contribution in [-0.2, 0) is 24.0 Å². The number of hydrogen-bond donors (Lipinski definition) is 6. The summed E-state index contributed by atoms with van der Waals surface area (Å²) in [6.45, 7) is 10.7. The summed E-state index contributed by atoms with van der Waals surface area (Å²) in [5, 5.41) is 25.7. The van der Waals surface area contributed by atoms with Gasteiger partial charge >= 0.3 is 11.9 Å². The van der Waals surface area contributed by atoms with Gasteiger partial charge in [-0.2, -0.15) is 0 Å². The third kappa shape index (κ3) is 10.2. The van der Waals surface area contributed by atoms with Gasteiger partial charge in [0.2, 0.25) is 17.7 Å². The fourth-order valence-corrected chi connectivity index (χ4v) is 3.03. The fourth-order valence-electron chi connectivity index (χ4n) is 3.03. The molecule has 0 aromatic carbocycles. The van der Waals surface area contributed by atoms with Crippen LogP contribution in [0.3, 0.4) is 0 Å². The number of hydrogen-bond acceptors (Lipinski definition) is 6. The summed E-state index contributed by atoms with van der Waals surface area (Å²) < 4.78 is 0. The topological polar surface area (TPSA) is 188 Å². The Morgan fingerprint density at radius 1 is 0.758 bits per heavy atom. The first-order valence-electron chi connectivity index (χ1n) is 11.4. The maximum absolute atomic E-state index is 13.0. The minimum Gasteiger partial charge on any atom is -0.481 e. The van der Waals surface area contributed by atoms with E-state index in [0.29, 0.717) is 12.8 Å². The van der Waals surface area contributed by atoms with E-state index < -0.39 is 60.2 Å². The van der Waals surface area contributed by atoms with Gasteiger partial charge in [0, 0.05) is 6.42 Å². The first-order valence-corrected chi connectivity index (χ1v) is 11.4. The van der Waals surface area contributed by atoms with E-state index in [9.17, 15) is 29.1 Å². The summed E-state index contributed by atoms with van der Waals surface area (Å²) in [5.41, 5.74) is 5.97. The maximum Gasteiger partial charge on any atom is 0.326 e. The normalized spacial score (nSPS) is 16.6. The first-order chi connectivity index (χ1) is 15.3. The lowest BCUT2D eigenvalue weighted by Gasteiger charge is -2.29. The maximum atomic E-state index is 13.0. The molecule has 0 radical (unpaired) electrons. The molecule has 0 aromatic rings. The van der Waals surface area contributed by atoms with Gasteiger partial charge in [0.05, 0.1) is 6.04 Å². The van der Waals surface area contributed by atoms with Gasteiger partial charge in [-0.05, 0) is 24.2 Å². The number of aliphatic carboxylic acids is 2. The largest absolute Gasteiger partial charge is 0.481 e. The van der Waals surface area contributed by atoms with Gasteiger partial charge in [0.25, 0.3) is 0 Å². The summed E-state index contributed by atoms with van der Waals surface area (Å²) in [6, 6.07) is -4.22. The number of nitrogens with two attached hydrogens (primary N) is 1. The Bertz CT molecular complexity index is 698. The van der Waals surface area contributed by atoms with Crippen LogP contribution in [0.5, 0.6) is 0 Å². The second-order valence-electron chi connectivity index (χ2n) is 8.85. The average molecular weight is 473 g/mol. The Kier molecular flexibility index (Phi) is 13.3. The van der Waals surface area contributed by atoms with Gasteiger partial charge in [-0.15, -0.1) is 0 Å². The van der Waals surface area contributed by atoms with Gasteiger partial charge in [0.1, 0.15) is 18.1 Å². The van der Waals surface area contributed by atoms with Crippen molar-refractivity contribution in [1.29, 1.82) is 0 Å². The van der Waals surface area contributed by atoms with E-state index in [4.69, 9.17) is 10.8 Å². The molecule has 0 saturated heterocycles. The highest BCUT2D eigenvalue weighted by atomic mass is 16.4. The van der Waals surface area contributed by atoms with Crippen molar-refractivity contribution in [1.82, 2.24) is 16.0 Å². The standard InChI is InChI=1S/C22H40N4O7/c1-7-12(5)16(23)19(29)25-17(11(3)4)20(30)26-18(13(6)8-2)21(31)24-14(22(32)33)9-10-15(27)28/h11-14,16-18H,7-10,23H2,1-6H3,(H,24,31)(H,25,29)(H,26,30)(H,27,28)(H,32,33). The highest BCUT2D eigenvalue weighted by molar-refractivity contribution is 5.94. The van der Waals surface area contributed by atoms with Gasteiger partial charge in [-0.25, -0.2) is 4.79 Å². The van der Waals surface area contributed by atoms with Crippen LogP contribution in [0.1, 0.15) is 67.2 Å². The van der Waals surface area contributed by atoms with Crippen molar-refractivity contribution in [3.05, 3.63) is 0 Å². The summed E-state index contributed by atoms with van der Waals surface area (Å²) >= 11 is 0. The van der Waals surface area contributed by atoms with Crippen molar-refractivity contribution in [3.63, 3.8) is 0 Å². The Balaban J connectivity index is 5.52. The number of carbonyl (C=O) groups excluding carboxylic acids is 3. The molecule has 0 aliphatic rings. The number of carboxylic acid groups (broad SMARTS) is 2. The molecule has 7 N–H and O–H groups in total. The van der Waals surface area contributed by atoms with Gasteiger partial charge in [-0.3, -0.25) is 19.2 Å². The third-order valence-electron chi connectivity index (χ3n) is 5.86. The highest BCUT2D eigenvalue weighted by Crippen LogP contribution is 2.12. The quantitative estimate of drug-likeness (QED) is 0.198. The molecular weight excluding hydrogens is 432 g/mol. The summed E-state index contributed by atoms with van der Waals surface area (Å²) in [4.78, 5) is 60.6. The Morgan fingerprint density at radius 2 is 1.24 bits per heavy atom. The Morgan fingerprint density at radius 3 is 1.67 bits per heavy atom. The van der Waals surface area contributed by atoms with Gasteiger partial charge < -0.3 is 31.9 Å². The average Bonchev–Trinajstić information content (AvgIpc) is 2.75. The molecule has 0 spiro atoms. The smallest absolute Gasteiger partial charge is 0.326 e. The lowest BCUT2D eigenvalue weighted by molar-refractivity contribution is -0.143. The molecule has 0 fully saturated rings. The molecule has 3 amide bonds. The van der Waals surface area contributed by atoms with E-state index >= 15 is 0 Å². The van der Waals surface area contributed by atoms with E-state index in [1.807, 2.05) is 20.8 Å². The third-order valence-corrected chi connectivity index (χ3v) is 5.86. The molecule has 0 heterocycles. The number of carbonyl (C=O) groups is 5. The van der Waals surface area contributed by atoms with E-state index in [1.165, 1.54) is 0 Å². The lowest BCUT2D eigenvalue weighted by Crippen LogP contribution is -2.60. The van der Waals surface area contributed by atoms with Crippen molar-refractivity contribution in [2.45, 2.75) is 91.4 Å². The zero-order chi connectivity index (χ0) is 25.9. The predicted molar refractivity (Wildman–Crippen MR) is 122 cm³/mol. The van der Waals surface area contributed by atoms with E-state index in [-0.39, 0.29) is 24.2 Å². The summed E-state index contributed by atoms with van der Waals surface area (Å²) in [6.07, 6.45) is 0.462. The second-order valence-corrected chi connectivity index (χ2v) is 8.85. The van der Waals surface area contributed by atoms with Crippen molar-refractivity contribution >= 4 is 29.7 Å².